The van der Waals surface area contributed by atoms with Gasteiger partial charge in [0, 0.05) is 30.1 Å². The van der Waals surface area contributed by atoms with Crippen molar-refractivity contribution in [1.29, 1.82) is 0 Å². The smallest absolute Gasteiger partial charge is 0.256 e. The number of hydrogen-bond donors (Lipinski definition) is 1. The van der Waals surface area contributed by atoms with Gasteiger partial charge in [-0.05, 0) is 39.0 Å². The minimum absolute atomic E-state index is 0.0424. The molecule has 33 heavy (non-hydrogen) atoms. The van der Waals surface area contributed by atoms with Crippen molar-refractivity contribution in [3.05, 3.63) is 35.5 Å². The van der Waals surface area contributed by atoms with Crippen LogP contribution >= 0.6 is 0 Å². The predicted molar refractivity (Wildman–Crippen MR) is 126 cm³/mol. The van der Waals surface area contributed by atoms with Crippen LogP contribution in [0.15, 0.2) is 29.2 Å². The minimum atomic E-state index is -3.85. The summed E-state index contributed by atoms with van der Waals surface area (Å²) in [6.07, 6.45) is 0. The van der Waals surface area contributed by atoms with Gasteiger partial charge in [0.05, 0.1) is 31.6 Å². The SMILES string of the molecule is COc1ccc(C(=O)Nc2cc(C(C)(C)C)nn2C(C)(C)C)cc1S(=O)(=O)N1CCOCC1. The maximum Gasteiger partial charge on any atom is 0.256 e. The van der Waals surface area contributed by atoms with Crippen LogP contribution in [0, 0.1) is 0 Å². The molecule has 0 unspecified atom stereocenters. The van der Waals surface area contributed by atoms with Crippen LogP contribution < -0.4 is 10.1 Å². The van der Waals surface area contributed by atoms with Gasteiger partial charge in [-0.3, -0.25) is 4.79 Å². The molecule has 10 heteroatoms. The lowest BCUT2D eigenvalue weighted by atomic mass is 9.92. The van der Waals surface area contributed by atoms with E-state index in [1.807, 2.05) is 26.8 Å². The first-order chi connectivity index (χ1) is 15.2. The van der Waals surface area contributed by atoms with Crippen molar-refractivity contribution in [2.45, 2.75) is 57.4 Å². The molecule has 1 N–H and O–H groups in total. The van der Waals surface area contributed by atoms with Gasteiger partial charge in [-0.2, -0.15) is 9.40 Å². The van der Waals surface area contributed by atoms with E-state index < -0.39 is 15.9 Å². The fourth-order valence-electron chi connectivity index (χ4n) is 3.48. The average molecular weight is 479 g/mol. The largest absolute Gasteiger partial charge is 0.495 e. The van der Waals surface area contributed by atoms with Crippen molar-refractivity contribution in [2.75, 3.05) is 38.7 Å². The zero-order valence-electron chi connectivity index (χ0n) is 20.4. The fourth-order valence-corrected chi connectivity index (χ4v) is 5.07. The van der Waals surface area contributed by atoms with Crippen LogP contribution in [0.5, 0.6) is 5.75 Å². The zero-order chi connectivity index (χ0) is 24.6. The number of morpholine rings is 1. The number of anilines is 1. The average Bonchev–Trinajstić information content (AvgIpc) is 3.19. The van der Waals surface area contributed by atoms with Crippen molar-refractivity contribution in [3.8, 4) is 5.75 Å². The van der Waals surface area contributed by atoms with E-state index in [9.17, 15) is 13.2 Å². The summed E-state index contributed by atoms with van der Waals surface area (Å²) in [4.78, 5) is 13.1. The van der Waals surface area contributed by atoms with Crippen molar-refractivity contribution < 1.29 is 22.7 Å². The van der Waals surface area contributed by atoms with E-state index in [1.54, 1.807) is 10.7 Å². The highest BCUT2D eigenvalue weighted by Gasteiger charge is 2.31. The van der Waals surface area contributed by atoms with Crippen molar-refractivity contribution in [1.82, 2.24) is 14.1 Å². The van der Waals surface area contributed by atoms with E-state index in [0.29, 0.717) is 19.0 Å². The van der Waals surface area contributed by atoms with Gasteiger partial charge in [0.1, 0.15) is 16.5 Å². The fraction of sp³-hybridized carbons (Fsp3) is 0.565. The van der Waals surface area contributed by atoms with Crippen LogP contribution in [0.2, 0.25) is 0 Å². The Morgan fingerprint density at radius 3 is 2.27 bits per heavy atom. The number of methoxy groups -OCH3 is 1. The van der Waals surface area contributed by atoms with Crippen LogP contribution in [-0.4, -0.2) is 61.8 Å². The standard InChI is InChI=1S/C23H34N4O5S/c1-22(2,3)19-15-20(27(25-19)23(4,5)6)24-21(28)16-8-9-17(31-7)18(14-16)33(29,30)26-10-12-32-13-11-26/h8-9,14-15H,10-13H2,1-7H3,(H,24,28). The Hall–Kier alpha value is -2.43. The molecule has 1 amide bonds. The molecule has 1 aromatic heterocycles. The number of ether oxygens (including phenoxy) is 2. The van der Waals surface area contributed by atoms with Crippen molar-refractivity contribution in [2.24, 2.45) is 0 Å². The number of amides is 1. The first-order valence-corrected chi connectivity index (χ1v) is 12.4. The molecule has 2 heterocycles. The third-order valence-corrected chi connectivity index (χ3v) is 7.29. The Labute approximate surface area is 196 Å². The van der Waals surface area contributed by atoms with Gasteiger partial charge < -0.3 is 14.8 Å². The van der Waals surface area contributed by atoms with Gasteiger partial charge in [0.15, 0.2) is 0 Å². The Morgan fingerprint density at radius 1 is 1.09 bits per heavy atom. The highest BCUT2D eigenvalue weighted by molar-refractivity contribution is 7.89. The zero-order valence-corrected chi connectivity index (χ0v) is 21.2. The van der Waals surface area contributed by atoms with Gasteiger partial charge in [-0.15, -0.1) is 0 Å². The normalized spacial score (nSPS) is 16.0. The molecular formula is C23H34N4O5S. The van der Waals surface area contributed by atoms with Gasteiger partial charge in [0.2, 0.25) is 10.0 Å². The van der Waals surface area contributed by atoms with Crippen LogP contribution in [0.25, 0.3) is 0 Å². The first-order valence-electron chi connectivity index (χ1n) is 10.9. The van der Waals surface area contributed by atoms with E-state index in [0.717, 1.165) is 5.69 Å². The third kappa shape index (κ3) is 5.39. The second-order valence-corrected chi connectivity index (χ2v) is 12.0. The molecule has 0 spiro atoms. The molecule has 9 nitrogen and oxygen atoms in total. The summed E-state index contributed by atoms with van der Waals surface area (Å²) in [5.41, 5.74) is 0.492. The molecule has 1 aliphatic heterocycles. The maximum absolute atomic E-state index is 13.2. The molecule has 0 radical (unpaired) electrons. The molecule has 182 valence electrons. The monoisotopic (exact) mass is 478 g/mol. The molecule has 0 saturated carbocycles. The van der Waals surface area contributed by atoms with Gasteiger partial charge >= 0.3 is 0 Å². The molecule has 0 bridgehead atoms. The highest BCUT2D eigenvalue weighted by atomic mass is 32.2. The van der Waals surface area contributed by atoms with E-state index in [1.165, 1.54) is 23.5 Å². The Kier molecular flexibility index (Phi) is 6.93. The summed E-state index contributed by atoms with van der Waals surface area (Å²) in [7, 11) is -2.44. The number of aromatic nitrogens is 2. The van der Waals surface area contributed by atoms with E-state index in [-0.39, 0.29) is 40.3 Å². The maximum atomic E-state index is 13.2. The van der Waals surface area contributed by atoms with Crippen LogP contribution in [0.3, 0.4) is 0 Å². The Bertz CT molecular complexity index is 1120. The number of sulfonamides is 1. The second kappa shape index (κ2) is 9.08. The summed E-state index contributed by atoms with van der Waals surface area (Å²) in [6, 6.07) is 6.28. The van der Waals surface area contributed by atoms with Crippen LogP contribution in [-0.2, 0) is 25.7 Å². The number of hydrogen-bond acceptors (Lipinski definition) is 6. The number of nitrogens with one attached hydrogen (secondary N) is 1. The van der Waals surface area contributed by atoms with Crippen molar-refractivity contribution in [3.63, 3.8) is 0 Å². The minimum Gasteiger partial charge on any atom is -0.495 e. The van der Waals surface area contributed by atoms with E-state index >= 15 is 0 Å². The first kappa shape index (κ1) is 25.2. The Morgan fingerprint density at radius 2 is 1.73 bits per heavy atom. The van der Waals surface area contributed by atoms with Crippen molar-refractivity contribution >= 4 is 21.7 Å². The molecule has 1 aliphatic rings. The van der Waals surface area contributed by atoms with Gasteiger partial charge in [0.25, 0.3) is 5.91 Å². The number of carbonyl (C=O) groups excluding carboxylic acids is 1. The topological polar surface area (TPSA) is 103 Å². The molecular weight excluding hydrogens is 444 g/mol. The number of nitrogens with zero attached hydrogens (tertiary/aromatic N) is 3. The highest BCUT2D eigenvalue weighted by Crippen LogP contribution is 2.31. The molecule has 0 aliphatic carbocycles. The second-order valence-electron chi connectivity index (χ2n) is 10.1. The number of carbonyl (C=O) groups is 1. The van der Waals surface area contributed by atoms with E-state index in [2.05, 4.69) is 26.1 Å². The predicted octanol–water partition coefficient (Wildman–Crippen LogP) is 3.22. The molecule has 1 fully saturated rings. The third-order valence-electron chi connectivity index (χ3n) is 5.37. The summed E-state index contributed by atoms with van der Waals surface area (Å²) in [5.74, 6) is 0.306. The summed E-state index contributed by atoms with van der Waals surface area (Å²) in [6.45, 7) is 13.3. The van der Waals surface area contributed by atoms with Crippen LogP contribution in [0.4, 0.5) is 5.82 Å². The summed E-state index contributed by atoms with van der Waals surface area (Å²) < 4.78 is 40.2. The van der Waals surface area contributed by atoms with Gasteiger partial charge in [-0.25, -0.2) is 13.1 Å². The molecule has 2 aromatic rings. The van der Waals surface area contributed by atoms with E-state index in [4.69, 9.17) is 14.6 Å². The molecule has 3 rings (SSSR count). The number of benzene rings is 1. The Balaban J connectivity index is 1.98. The molecule has 1 saturated heterocycles. The summed E-state index contributed by atoms with van der Waals surface area (Å²) >= 11 is 0. The lowest BCUT2D eigenvalue weighted by molar-refractivity contribution is 0.0729. The molecule has 1 aromatic carbocycles. The van der Waals surface area contributed by atoms with Crippen LogP contribution in [0.1, 0.15) is 57.6 Å². The lowest BCUT2D eigenvalue weighted by Gasteiger charge is -2.26. The summed E-state index contributed by atoms with van der Waals surface area (Å²) in [5, 5.41) is 7.63. The molecule has 0 atom stereocenters. The number of rotatable bonds is 5. The van der Waals surface area contributed by atoms with Gasteiger partial charge in [-0.1, -0.05) is 20.8 Å². The lowest BCUT2D eigenvalue weighted by Crippen LogP contribution is -2.40. The quantitative estimate of drug-likeness (QED) is 0.708.